The van der Waals surface area contributed by atoms with Gasteiger partial charge < -0.3 is 26.4 Å². The number of hydrogen-bond donors (Lipinski definition) is 3. The van der Waals surface area contributed by atoms with E-state index in [1.165, 1.54) is 6.20 Å². The molecular formula is C21H25F3N4O2. The van der Waals surface area contributed by atoms with Crippen LogP contribution < -0.4 is 21.3 Å². The molecule has 5 rings (SSSR count). The molecule has 1 aromatic rings. The maximum atomic E-state index is 15.4. The number of fused-ring (bicyclic) bond motifs is 1. The van der Waals surface area contributed by atoms with Gasteiger partial charge in [0, 0.05) is 49.2 Å². The number of carbonyl (C=O) groups is 1. The molecule has 4 aliphatic rings. The van der Waals surface area contributed by atoms with E-state index in [1.54, 1.807) is 16.7 Å². The van der Waals surface area contributed by atoms with Crippen LogP contribution in [0.4, 0.5) is 30.2 Å². The van der Waals surface area contributed by atoms with E-state index in [9.17, 15) is 18.7 Å². The second-order valence-electron chi connectivity index (χ2n) is 9.15. The molecule has 0 radical (unpaired) electrons. The average molecular weight is 422 g/mol. The number of benzene rings is 1. The number of hydrogen-bond acceptors (Lipinski definition) is 5. The smallest absolute Gasteiger partial charge is 0.333 e. The highest BCUT2D eigenvalue weighted by molar-refractivity contribution is 5.92. The van der Waals surface area contributed by atoms with Gasteiger partial charge in [-0.2, -0.15) is 0 Å². The predicted molar refractivity (Wildman–Crippen MR) is 108 cm³/mol. The van der Waals surface area contributed by atoms with Crippen LogP contribution in [-0.2, 0) is 11.2 Å². The Labute approximate surface area is 172 Å². The summed E-state index contributed by atoms with van der Waals surface area (Å²) in [4.78, 5) is 14.8. The number of nitrogens with two attached hydrogens (primary N) is 2. The van der Waals surface area contributed by atoms with Crippen LogP contribution in [0, 0.1) is 18.7 Å². The monoisotopic (exact) mass is 422 g/mol. The van der Waals surface area contributed by atoms with Gasteiger partial charge in [-0.05, 0) is 25.3 Å². The third-order valence-corrected chi connectivity index (χ3v) is 7.13. The summed E-state index contributed by atoms with van der Waals surface area (Å²) >= 11 is 0. The van der Waals surface area contributed by atoms with Gasteiger partial charge in [0.2, 0.25) is 0 Å². The van der Waals surface area contributed by atoms with Gasteiger partial charge in [0.1, 0.15) is 12.3 Å². The van der Waals surface area contributed by atoms with E-state index >= 15 is 4.39 Å². The van der Waals surface area contributed by atoms with Crippen molar-refractivity contribution in [1.29, 1.82) is 0 Å². The largest absolute Gasteiger partial charge is 0.478 e. The SMILES string of the molecule is Cc1c(N2C[C@@H](F)[C@@H](C3(N)CC3)C2)c(F)c(N)c2c1N([C@@H]1C[C@@H]1F)C=C(C(=O)O)C2. The lowest BCUT2D eigenvalue weighted by Crippen LogP contribution is -2.38. The molecule has 162 valence electrons. The molecule has 3 fully saturated rings. The molecule has 2 heterocycles. The fraction of sp³-hybridized carbons (Fsp3) is 0.571. The lowest BCUT2D eigenvalue weighted by atomic mass is 9.92. The molecule has 0 spiro atoms. The minimum absolute atomic E-state index is 0.0188. The zero-order chi connectivity index (χ0) is 21.5. The van der Waals surface area contributed by atoms with Crippen LogP contribution in [0.15, 0.2) is 11.8 Å². The molecule has 2 saturated carbocycles. The number of nitrogen functional groups attached to an aromatic ring is 1. The van der Waals surface area contributed by atoms with Crippen molar-refractivity contribution < 1.29 is 23.1 Å². The summed E-state index contributed by atoms with van der Waals surface area (Å²) in [6.07, 6.45) is 0.910. The molecule has 0 unspecified atom stereocenters. The Morgan fingerprint density at radius 3 is 2.47 bits per heavy atom. The van der Waals surface area contributed by atoms with E-state index in [4.69, 9.17) is 11.5 Å². The molecule has 1 saturated heterocycles. The van der Waals surface area contributed by atoms with Gasteiger partial charge in [-0.15, -0.1) is 0 Å². The minimum atomic E-state index is -1.16. The zero-order valence-corrected chi connectivity index (χ0v) is 16.7. The molecule has 1 aromatic carbocycles. The summed E-state index contributed by atoms with van der Waals surface area (Å²) in [7, 11) is 0. The number of halogens is 3. The Morgan fingerprint density at radius 1 is 1.23 bits per heavy atom. The van der Waals surface area contributed by atoms with Gasteiger partial charge in [-0.3, -0.25) is 0 Å². The van der Waals surface area contributed by atoms with Crippen LogP contribution >= 0.6 is 0 Å². The van der Waals surface area contributed by atoms with Gasteiger partial charge in [0.05, 0.1) is 28.7 Å². The topological polar surface area (TPSA) is 95.8 Å². The van der Waals surface area contributed by atoms with Crippen molar-refractivity contribution in [3.8, 4) is 0 Å². The minimum Gasteiger partial charge on any atom is -0.478 e. The standard InChI is InChI=1S/C21H25F3N4O2/c1-9-18-11(4-10(20(29)30)6-28(18)15-5-13(15)22)17(25)16(24)19(9)27-7-12(14(23)8-27)21(26)2-3-21/h6,12-15H,2-5,7-8,25-26H2,1H3,(H,29,30)/t12-,13-,14+,15+/m0/s1. The van der Waals surface area contributed by atoms with Crippen LogP contribution in [0.25, 0.3) is 0 Å². The predicted octanol–water partition coefficient (Wildman–Crippen LogP) is 2.42. The van der Waals surface area contributed by atoms with Crippen molar-refractivity contribution in [3.63, 3.8) is 0 Å². The third-order valence-electron chi connectivity index (χ3n) is 7.13. The Morgan fingerprint density at radius 2 is 1.90 bits per heavy atom. The van der Waals surface area contributed by atoms with E-state index in [-0.39, 0.29) is 42.3 Å². The second-order valence-corrected chi connectivity index (χ2v) is 9.15. The number of alkyl halides is 2. The first-order chi connectivity index (χ1) is 14.1. The first-order valence-corrected chi connectivity index (χ1v) is 10.3. The van der Waals surface area contributed by atoms with E-state index in [0.717, 1.165) is 12.8 Å². The number of carboxylic acid groups (broad SMARTS) is 1. The molecule has 30 heavy (non-hydrogen) atoms. The van der Waals surface area contributed by atoms with Crippen LogP contribution in [-0.4, -0.2) is 48.1 Å². The molecule has 4 atom stereocenters. The Bertz CT molecular complexity index is 978. The first-order valence-electron chi connectivity index (χ1n) is 10.3. The van der Waals surface area contributed by atoms with Gasteiger partial charge >= 0.3 is 5.97 Å². The van der Waals surface area contributed by atoms with Crippen LogP contribution in [0.3, 0.4) is 0 Å². The molecule has 2 aliphatic heterocycles. The normalized spacial score (nSPS) is 31.4. The number of aliphatic carboxylic acids is 1. The quantitative estimate of drug-likeness (QED) is 0.645. The molecule has 9 heteroatoms. The maximum Gasteiger partial charge on any atom is 0.333 e. The van der Waals surface area contributed by atoms with E-state index in [2.05, 4.69) is 0 Å². The van der Waals surface area contributed by atoms with Gasteiger partial charge in [-0.1, -0.05) is 0 Å². The van der Waals surface area contributed by atoms with Gasteiger partial charge in [0.15, 0.2) is 5.82 Å². The van der Waals surface area contributed by atoms with Crippen LogP contribution in [0.1, 0.15) is 30.4 Å². The summed E-state index contributed by atoms with van der Waals surface area (Å²) in [5.41, 5.74) is 13.3. The summed E-state index contributed by atoms with van der Waals surface area (Å²) in [5.74, 6) is -2.20. The highest BCUT2D eigenvalue weighted by Crippen LogP contribution is 2.50. The molecule has 0 aromatic heterocycles. The van der Waals surface area contributed by atoms with Gasteiger partial charge in [-0.25, -0.2) is 18.0 Å². The Hall–Kier alpha value is -2.42. The number of nitrogens with zero attached hydrogens (tertiary/aromatic N) is 2. The first kappa shape index (κ1) is 19.5. The third kappa shape index (κ3) is 2.78. The maximum absolute atomic E-state index is 15.4. The summed E-state index contributed by atoms with van der Waals surface area (Å²) in [5, 5.41) is 9.46. The van der Waals surface area contributed by atoms with Crippen LogP contribution in [0.5, 0.6) is 0 Å². The van der Waals surface area contributed by atoms with Crippen molar-refractivity contribution in [2.24, 2.45) is 11.7 Å². The molecule has 5 N–H and O–H groups in total. The zero-order valence-electron chi connectivity index (χ0n) is 16.7. The lowest BCUT2D eigenvalue weighted by molar-refractivity contribution is -0.132. The van der Waals surface area contributed by atoms with Crippen molar-refractivity contribution in [1.82, 2.24) is 0 Å². The van der Waals surface area contributed by atoms with E-state index in [1.807, 2.05) is 0 Å². The van der Waals surface area contributed by atoms with Crippen LogP contribution in [0.2, 0.25) is 0 Å². The number of rotatable bonds is 4. The van der Waals surface area contributed by atoms with Crippen molar-refractivity contribution >= 4 is 23.0 Å². The van der Waals surface area contributed by atoms with E-state index in [0.29, 0.717) is 23.4 Å². The summed E-state index contributed by atoms with van der Waals surface area (Å²) < 4.78 is 44.1. The molecule has 0 amide bonds. The highest BCUT2D eigenvalue weighted by atomic mass is 19.1. The fourth-order valence-corrected chi connectivity index (χ4v) is 5.10. The lowest BCUT2D eigenvalue weighted by Gasteiger charge is -2.34. The van der Waals surface area contributed by atoms with Gasteiger partial charge in [0.25, 0.3) is 0 Å². The van der Waals surface area contributed by atoms with Crippen molar-refractivity contribution in [3.05, 3.63) is 28.7 Å². The Kier molecular flexibility index (Phi) is 4.10. The number of anilines is 3. The Balaban J connectivity index is 1.60. The van der Waals surface area contributed by atoms with Crippen molar-refractivity contribution in [2.45, 2.75) is 56.5 Å². The molecular weight excluding hydrogens is 397 g/mol. The number of carboxylic acids is 1. The van der Waals surface area contributed by atoms with Crippen molar-refractivity contribution in [2.75, 3.05) is 28.6 Å². The average Bonchev–Trinajstić information content (AvgIpc) is 3.58. The van der Waals surface area contributed by atoms with E-state index < -0.39 is 35.7 Å². The second kappa shape index (κ2) is 6.29. The molecule has 0 bridgehead atoms. The highest BCUT2D eigenvalue weighted by Gasteiger charge is 2.53. The molecule has 2 aliphatic carbocycles. The fourth-order valence-electron chi connectivity index (χ4n) is 5.10. The summed E-state index contributed by atoms with van der Waals surface area (Å²) in [6.45, 7) is 2.01. The summed E-state index contributed by atoms with van der Waals surface area (Å²) in [6, 6.07) is -0.506. The molecule has 6 nitrogen and oxygen atoms in total.